The first kappa shape index (κ1) is 24.3. The Morgan fingerprint density at radius 2 is 1.61 bits per heavy atom. The number of urea groups is 1. The van der Waals surface area contributed by atoms with Crippen molar-refractivity contribution in [3.05, 3.63) is 65.7 Å². The van der Waals surface area contributed by atoms with Gasteiger partial charge in [0.15, 0.2) is 0 Å². The van der Waals surface area contributed by atoms with Crippen LogP contribution in [0.15, 0.2) is 54.6 Å². The summed E-state index contributed by atoms with van der Waals surface area (Å²) >= 11 is 0. The van der Waals surface area contributed by atoms with Crippen LogP contribution < -0.4 is 16.0 Å². The molecule has 1 fully saturated rings. The van der Waals surface area contributed by atoms with Crippen molar-refractivity contribution in [2.24, 2.45) is 5.92 Å². The third-order valence-electron chi connectivity index (χ3n) is 6.21. The minimum atomic E-state index is -0.644. The van der Waals surface area contributed by atoms with E-state index in [9.17, 15) is 14.4 Å². The fourth-order valence-corrected chi connectivity index (χ4v) is 3.92. The maximum atomic E-state index is 13.0. The number of hydrogen-bond acceptors (Lipinski definition) is 3. The van der Waals surface area contributed by atoms with Crippen molar-refractivity contribution in [1.29, 1.82) is 0 Å². The summed E-state index contributed by atoms with van der Waals surface area (Å²) in [5.41, 5.74) is 2.41. The van der Waals surface area contributed by atoms with Crippen molar-refractivity contribution >= 4 is 23.5 Å². The van der Waals surface area contributed by atoms with Crippen LogP contribution in [0.5, 0.6) is 0 Å². The standard InChI is InChI=1S/C26H34N4O3/c1-4-19(3)27-25(32)23(29-24(31)21-8-6-5-7-9-21)20-14-16-30(17-15-20)26(33)28-22-12-10-18(2)11-13-22/h5-13,19-20,23H,4,14-17H2,1-3H3,(H,27,32)(H,28,33)(H,29,31)/t19-,23+/m1/s1. The number of carbonyl (C=O) groups excluding carboxylic acids is 3. The van der Waals surface area contributed by atoms with Crippen LogP contribution in [0, 0.1) is 12.8 Å². The number of benzene rings is 2. The van der Waals surface area contributed by atoms with Crippen molar-refractivity contribution in [2.45, 2.75) is 52.1 Å². The van der Waals surface area contributed by atoms with E-state index in [1.807, 2.05) is 51.1 Å². The molecule has 0 aliphatic carbocycles. The number of likely N-dealkylation sites (tertiary alicyclic amines) is 1. The number of anilines is 1. The maximum Gasteiger partial charge on any atom is 0.321 e. The Labute approximate surface area is 195 Å². The molecule has 7 nitrogen and oxygen atoms in total. The number of hydrogen-bond donors (Lipinski definition) is 3. The normalized spacial score (nSPS) is 15.9. The molecule has 0 aromatic heterocycles. The lowest BCUT2D eigenvalue weighted by Crippen LogP contribution is -2.55. The van der Waals surface area contributed by atoms with E-state index in [4.69, 9.17) is 0 Å². The number of aryl methyl sites for hydroxylation is 1. The van der Waals surface area contributed by atoms with Gasteiger partial charge in [0.2, 0.25) is 5.91 Å². The number of nitrogens with zero attached hydrogens (tertiary/aromatic N) is 1. The Morgan fingerprint density at radius 3 is 2.21 bits per heavy atom. The van der Waals surface area contributed by atoms with Crippen LogP contribution in [0.25, 0.3) is 0 Å². The molecule has 0 spiro atoms. The van der Waals surface area contributed by atoms with Gasteiger partial charge in [0.1, 0.15) is 6.04 Å². The SMILES string of the molecule is CC[C@@H](C)NC(=O)[C@@H](NC(=O)c1ccccc1)C1CCN(C(=O)Nc2ccc(C)cc2)CC1. The summed E-state index contributed by atoms with van der Waals surface area (Å²) in [6, 6.07) is 15.8. The van der Waals surface area contributed by atoms with Crippen molar-refractivity contribution < 1.29 is 14.4 Å². The van der Waals surface area contributed by atoms with Crippen molar-refractivity contribution in [3.8, 4) is 0 Å². The predicted molar refractivity (Wildman–Crippen MR) is 130 cm³/mol. The van der Waals surface area contributed by atoms with Crippen LogP contribution in [0.3, 0.4) is 0 Å². The van der Waals surface area contributed by atoms with Crippen molar-refractivity contribution in [1.82, 2.24) is 15.5 Å². The third kappa shape index (κ3) is 6.81. The minimum absolute atomic E-state index is 0.0222. The van der Waals surface area contributed by atoms with Gasteiger partial charge in [-0.05, 0) is 63.3 Å². The van der Waals surface area contributed by atoms with Gasteiger partial charge in [0.25, 0.3) is 5.91 Å². The quantitative estimate of drug-likeness (QED) is 0.597. The molecule has 4 amide bonds. The van der Waals surface area contributed by atoms with Crippen LogP contribution in [-0.4, -0.2) is 47.9 Å². The molecule has 1 aliphatic heterocycles. The second-order valence-corrected chi connectivity index (χ2v) is 8.76. The molecular weight excluding hydrogens is 416 g/mol. The number of amides is 4. The van der Waals surface area contributed by atoms with Gasteiger partial charge < -0.3 is 20.9 Å². The van der Waals surface area contributed by atoms with Crippen LogP contribution in [0.1, 0.15) is 49.0 Å². The average molecular weight is 451 g/mol. The zero-order valence-corrected chi connectivity index (χ0v) is 19.6. The van der Waals surface area contributed by atoms with E-state index in [0.717, 1.165) is 17.7 Å². The predicted octanol–water partition coefficient (Wildman–Crippen LogP) is 3.95. The Hall–Kier alpha value is -3.35. The molecule has 1 saturated heterocycles. The van der Waals surface area contributed by atoms with E-state index in [2.05, 4.69) is 16.0 Å². The molecule has 176 valence electrons. The summed E-state index contributed by atoms with van der Waals surface area (Å²) in [6.45, 7) is 7.01. The van der Waals surface area contributed by atoms with Gasteiger partial charge in [-0.1, -0.05) is 42.8 Å². The second kappa shape index (κ2) is 11.5. The van der Waals surface area contributed by atoms with Crippen molar-refractivity contribution in [3.63, 3.8) is 0 Å². The molecule has 2 atom stereocenters. The average Bonchev–Trinajstić information content (AvgIpc) is 2.84. The first-order chi connectivity index (χ1) is 15.9. The Bertz CT molecular complexity index is 938. The molecule has 2 aromatic carbocycles. The molecule has 1 heterocycles. The molecule has 0 saturated carbocycles. The lowest BCUT2D eigenvalue weighted by atomic mass is 9.88. The zero-order chi connectivity index (χ0) is 23.8. The first-order valence-electron chi connectivity index (χ1n) is 11.7. The topological polar surface area (TPSA) is 90.5 Å². The summed E-state index contributed by atoms with van der Waals surface area (Å²) in [6.07, 6.45) is 2.08. The van der Waals surface area contributed by atoms with E-state index in [1.54, 1.807) is 29.2 Å². The lowest BCUT2D eigenvalue weighted by molar-refractivity contribution is -0.125. The summed E-state index contributed by atoms with van der Waals surface area (Å²) in [5, 5.41) is 8.89. The highest BCUT2D eigenvalue weighted by Gasteiger charge is 2.34. The summed E-state index contributed by atoms with van der Waals surface area (Å²) in [4.78, 5) is 40.3. The summed E-state index contributed by atoms with van der Waals surface area (Å²) < 4.78 is 0. The lowest BCUT2D eigenvalue weighted by Gasteiger charge is -2.36. The number of nitrogens with one attached hydrogen (secondary N) is 3. The number of rotatable bonds is 7. The fraction of sp³-hybridized carbons (Fsp3) is 0.423. The Balaban J connectivity index is 1.63. The maximum absolute atomic E-state index is 13.0. The van der Waals surface area contributed by atoms with Crippen LogP contribution >= 0.6 is 0 Å². The van der Waals surface area contributed by atoms with E-state index < -0.39 is 6.04 Å². The van der Waals surface area contributed by atoms with E-state index in [-0.39, 0.29) is 29.8 Å². The van der Waals surface area contributed by atoms with E-state index in [1.165, 1.54) is 0 Å². The van der Waals surface area contributed by atoms with Crippen molar-refractivity contribution in [2.75, 3.05) is 18.4 Å². The largest absolute Gasteiger partial charge is 0.352 e. The van der Waals surface area contributed by atoms with Gasteiger partial charge in [0, 0.05) is 30.4 Å². The van der Waals surface area contributed by atoms with Crippen LogP contribution in [-0.2, 0) is 4.79 Å². The highest BCUT2D eigenvalue weighted by molar-refractivity contribution is 5.97. The number of carbonyl (C=O) groups is 3. The first-order valence-corrected chi connectivity index (χ1v) is 11.7. The molecule has 33 heavy (non-hydrogen) atoms. The number of piperidine rings is 1. The summed E-state index contributed by atoms with van der Waals surface area (Å²) in [5.74, 6) is -0.485. The second-order valence-electron chi connectivity index (χ2n) is 8.76. The van der Waals surface area contributed by atoms with E-state index >= 15 is 0 Å². The summed E-state index contributed by atoms with van der Waals surface area (Å²) in [7, 11) is 0. The third-order valence-corrected chi connectivity index (χ3v) is 6.21. The van der Waals surface area contributed by atoms with Crippen LogP contribution in [0.2, 0.25) is 0 Å². The molecule has 3 N–H and O–H groups in total. The molecule has 1 aliphatic rings. The minimum Gasteiger partial charge on any atom is -0.352 e. The molecule has 3 rings (SSSR count). The molecule has 0 unspecified atom stereocenters. The Morgan fingerprint density at radius 1 is 0.970 bits per heavy atom. The smallest absolute Gasteiger partial charge is 0.321 e. The Kier molecular flexibility index (Phi) is 8.46. The van der Waals surface area contributed by atoms with Gasteiger partial charge in [0.05, 0.1) is 0 Å². The van der Waals surface area contributed by atoms with Gasteiger partial charge in [-0.15, -0.1) is 0 Å². The molecule has 0 radical (unpaired) electrons. The monoisotopic (exact) mass is 450 g/mol. The van der Waals surface area contributed by atoms with Gasteiger partial charge >= 0.3 is 6.03 Å². The van der Waals surface area contributed by atoms with Gasteiger partial charge in [-0.3, -0.25) is 9.59 Å². The zero-order valence-electron chi connectivity index (χ0n) is 19.6. The van der Waals surface area contributed by atoms with Crippen LogP contribution in [0.4, 0.5) is 10.5 Å². The fourth-order valence-electron chi connectivity index (χ4n) is 3.92. The highest BCUT2D eigenvalue weighted by atomic mass is 16.2. The molecule has 0 bridgehead atoms. The molecular formula is C26H34N4O3. The van der Waals surface area contributed by atoms with Gasteiger partial charge in [-0.25, -0.2) is 4.79 Å². The van der Waals surface area contributed by atoms with Gasteiger partial charge in [-0.2, -0.15) is 0 Å². The molecule has 2 aromatic rings. The molecule has 7 heteroatoms. The van der Waals surface area contributed by atoms with E-state index in [0.29, 0.717) is 31.5 Å². The highest BCUT2D eigenvalue weighted by Crippen LogP contribution is 2.23.